The largest absolute Gasteiger partial charge is 0.394 e. The molecule has 1 unspecified atom stereocenters. The molecular weight excluding hydrogens is 348 g/mol. The minimum atomic E-state index is -1.30. The molecule has 132 valence electrons. The van der Waals surface area contributed by atoms with Crippen molar-refractivity contribution in [2.75, 3.05) is 30.9 Å². The fourth-order valence-corrected chi connectivity index (χ4v) is 1.93. The minimum Gasteiger partial charge on any atom is -0.394 e. The Morgan fingerprint density at radius 1 is 1.29 bits per heavy atom. The number of anilines is 1. The highest BCUT2D eigenvalue weighted by molar-refractivity contribution is 6.18. The van der Waals surface area contributed by atoms with Gasteiger partial charge >= 0.3 is 5.69 Å². The number of halogens is 1. The van der Waals surface area contributed by atoms with Crippen molar-refractivity contribution in [3.63, 3.8) is 0 Å². The molecule has 1 atom stereocenters. The van der Waals surface area contributed by atoms with Crippen molar-refractivity contribution < 1.29 is 24.9 Å². The fraction of sp³-hybridized carbons (Fsp3) is 0.417. The van der Waals surface area contributed by atoms with Crippen molar-refractivity contribution in [1.29, 1.82) is 0 Å². The van der Waals surface area contributed by atoms with E-state index in [4.69, 9.17) is 16.7 Å². The SMILES string of the molecule is O=C(NCC(O)CO)c1c([N+](=O)[O-])ccc(NCCCl)c1[N+](=O)[O-]. The van der Waals surface area contributed by atoms with E-state index in [-0.39, 0.29) is 18.1 Å². The summed E-state index contributed by atoms with van der Waals surface area (Å²) in [6.45, 7) is -0.935. The third-order valence-electron chi connectivity index (χ3n) is 2.88. The summed E-state index contributed by atoms with van der Waals surface area (Å²) < 4.78 is 0. The molecule has 12 heteroatoms. The number of nitro groups is 2. The quantitative estimate of drug-likeness (QED) is 0.275. The van der Waals surface area contributed by atoms with E-state index in [1.807, 2.05) is 0 Å². The van der Waals surface area contributed by atoms with Gasteiger partial charge in [-0.25, -0.2) is 0 Å². The van der Waals surface area contributed by atoms with Gasteiger partial charge in [0, 0.05) is 25.0 Å². The lowest BCUT2D eigenvalue weighted by Gasteiger charge is -2.12. The predicted molar refractivity (Wildman–Crippen MR) is 84.4 cm³/mol. The molecule has 0 radical (unpaired) electrons. The number of hydrogen-bond donors (Lipinski definition) is 4. The maximum Gasteiger partial charge on any atom is 0.312 e. The molecule has 1 amide bonds. The number of nitrogens with zero attached hydrogens (tertiary/aromatic N) is 2. The molecule has 0 bridgehead atoms. The third kappa shape index (κ3) is 4.75. The summed E-state index contributed by atoms with van der Waals surface area (Å²) >= 11 is 5.50. The highest BCUT2D eigenvalue weighted by atomic mass is 35.5. The molecule has 24 heavy (non-hydrogen) atoms. The summed E-state index contributed by atoms with van der Waals surface area (Å²) in [6.07, 6.45) is -1.30. The molecule has 0 spiro atoms. The van der Waals surface area contributed by atoms with Gasteiger partial charge in [0.2, 0.25) is 0 Å². The molecule has 0 saturated carbocycles. The van der Waals surface area contributed by atoms with Crippen molar-refractivity contribution in [3.8, 4) is 0 Å². The first-order valence-electron chi connectivity index (χ1n) is 6.66. The topological polar surface area (TPSA) is 168 Å². The number of nitrogens with one attached hydrogen (secondary N) is 2. The number of carbonyl (C=O) groups is 1. The zero-order chi connectivity index (χ0) is 18.3. The van der Waals surface area contributed by atoms with E-state index >= 15 is 0 Å². The Morgan fingerprint density at radius 3 is 2.46 bits per heavy atom. The standard InChI is InChI=1S/C12H15ClN4O7/c13-3-4-14-8-1-2-9(16(21)22)10(11(8)17(23)24)12(20)15-5-7(19)6-18/h1-2,7,14,18-19H,3-6H2,(H,15,20). The molecule has 1 aromatic rings. The van der Waals surface area contributed by atoms with Crippen LogP contribution in [0.4, 0.5) is 17.1 Å². The highest BCUT2D eigenvalue weighted by Gasteiger charge is 2.34. The van der Waals surface area contributed by atoms with Crippen molar-refractivity contribution in [2.24, 2.45) is 0 Å². The van der Waals surface area contributed by atoms with Gasteiger partial charge in [0.25, 0.3) is 11.6 Å². The molecule has 0 aliphatic rings. The average Bonchev–Trinajstić information content (AvgIpc) is 2.55. The Bertz CT molecular complexity index is 640. The number of hydrogen-bond acceptors (Lipinski definition) is 8. The Hall–Kier alpha value is -2.50. The number of aliphatic hydroxyl groups is 2. The first-order chi connectivity index (χ1) is 11.3. The van der Waals surface area contributed by atoms with Crippen LogP contribution in [0.5, 0.6) is 0 Å². The van der Waals surface area contributed by atoms with E-state index in [1.54, 1.807) is 0 Å². The van der Waals surface area contributed by atoms with E-state index in [1.165, 1.54) is 0 Å². The molecule has 0 fully saturated rings. The van der Waals surface area contributed by atoms with E-state index in [2.05, 4.69) is 10.6 Å². The Kier molecular flexibility index (Phi) is 7.30. The van der Waals surface area contributed by atoms with Gasteiger partial charge in [-0.3, -0.25) is 25.0 Å². The van der Waals surface area contributed by atoms with Crippen LogP contribution < -0.4 is 10.6 Å². The Labute approximate surface area is 140 Å². The number of rotatable bonds is 9. The van der Waals surface area contributed by atoms with Crippen LogP contribution in [0.15, 0.2) is 12.1 Å². The zero-order valence-corrected chi connectivity index (χ0v) is 13.0. The molecule has 1 aromatic carbocycles. The number of alkyl halides is 1. The first-order valence-corrected chi connectivity index (χ1v) is 7.19. The van der Waals surface area contributed by atoms with Crippen LogP contribution in [-0.4, -0.2) is 57.6 Å². The summed E-state index contributed by atoms with van der Waals surface area (Å²) in [7, 11) is 0. The number of benzene rings is 1. The predicted octanol–water partition coefficient (Wildman–Crippen LogP) is 0.237. The number of amides is 1. The second-order valence-corrected chi connectivity index (χ2v) is 4.91. The van der Waals surface area contributed by atoms with Gasteiger partial charge in [-0.1, -0.05) is 0 Å². The van der Waals surface area contributed by atoms with Gasteiger partial charge in [0.05, 0.1) is 22.6 Å². The lowest BCUT2D eigenvalue weighted by Crippen LogP contribution is -2.34. The summed E-state index contributed by atoms with van der Waals surface area (Å²) in [5.74, 6) is -0.992. The Balaban J connectivity index is 3.37. The van der Waals surface area contributed by atoms with Gasteiger partial charge in [-0.15, -0.1) is 11.6 Å². The molecular formula is C12H15ClN4O7. The fourth-order valence-electron chi connectivity index (χ4n) is 1.83. The van der Waals surface area contributed by atoms with Gasteiger partial charge in [0.15, 0.2) is 5.56 Å². The molecule has 0 aliphatic carbocycles. The van der Waals surface area contributed by atoms with Crippen LogP contribution in [0.3, 0.4) is 0 Å². The molecule has 0 heterocycles. The van der Waals surface area contributed by atoms with Crippen LogP contribution in [0.2, 0.25) is 0 Å². The van der Waals surface area contributed by atoms with Crippen molar-refractivity contribution in [1.82, 2.24) is 5.32 Å². The molecule has 1 rings (SSSR count). The van der Waals surface area contributed by atoms with Gasteiger partial charge in [-0.05, 0) is 6.07 Å². The van der Waals surface area contributed by atoms with Crippen molar-refractivity contribution >= 4 is 34.6 Å². The maximum atomic E-state index is 12.2. The Morgan fingerprint density at radius 2 is 1.96 bits per heavy atom. The van der Waals surface area contributed by atoms with E-state index in [0.29, 0.717) is 0 Å². The molecule has 0 aromatic heterocycles. The molecule has 4 N–H and O–H groups in total. The lowest BCUT2D eigenvalue weighted by atomic mass is 10.1. The van der Waals surface area contributed by atoms with Crippen LogP contribution in [0.25, 0.3) is 0 Å². The minimum absolute atomic E-state index is 0.0980. The average molecular weight is 363 g/mol. The zero-order valence-electron chi connectivity index (χ0n) is 12.3. The van der Waals surface area contributed by atoms with E-state index < -0.39 is 51.9 Å². The molecule has 0 saturated heterocycles. The van der Waals surface area contributed by atoms with Crippen LogP contribution >= 0.6 is 11.6 Å². The first kappa shape index (κ1) is 19.5. The second-order valence-electron chi connectivity index (χ2n) is 4.53. The number of nitro benzene ring substituents is 2. The summed E-state index contributed by atoms with van der Waals surface area (Å²) in [4.78, 5) is 32.8. The van der Waals surface area contributed by atoms with E-state index in [9.17, 15) is 30.1 Å². The van der Waals surface area contributed by atoms with Gasteiger partial charge < -0.3 is 20.8 Å². The number of aliphatic hydroxyl groups excluding tert-OH is 2. The van der Waals surface area contributed by atoms with Crippen LogP contribution in [0.1, 0.15) is 10.4 Å². The normalized spacial score (nSPS) is 11.6. The third-order valence-corrected chi connectivity index (χ3v) is 3.07. The summed E-state index contributed by atoms with van der Waals surface area (Å²) in [5.41, 5.74) is -2.38. The highest BCUT2D eigenvalue weighted by Crippen LogP contribution is 2.35. The summed E-state index contributed by atoms with van der Waals surface area (Å²) in [6, 6.07) is 2.07. The molecule has 11 nitrogen and oxygen atoms in total. The van der Waals surface area contributed by atoms with Crippen LogP contribution in [-0.2, 0) is 0 Å². The van der Waals surface area contributed by atoms with Gasteiger partial charge in [-0.2, -0.15) is 0 Å². The number of carbonyl (C=O) groups excluding carboxylic acids is 1. The summed E-state index contributed by atoms with van der Waals surface area (Å²) in [5, 5.41) is 45.1. The van der Waals surface area contributed by atoms with Crippen molar-refractivity contribution in [3.05, 3.63) is 37.9 Å². The monoisotopic (exact) mass is 362 g/mol. The second kappa shape index (κ2) is 8.96. The molecule has 0 aliphatic heterocycles. The maximum absolute atomic E-state index is 12.2. The smallest absolute Gasteiger partial charge is 0.312 e. The van der Waals surface area contributed by atoms with Crippen molar-refractivity contribution in [2.45, 2.75) is 6.10 Å². The lowest BCUT2D eigenvalue weighted by molar-refractivity contribution is -0.394. The van der Waals surface area contributed by atoms with Crippen LogP contribution in [0, 0.1) is 20.2 Å². The van der Waals surface area contributed by atoms with E-state index in [0.717, 1.165) is 12.1 Å². The van der Waals surface area contributed by atoms with Gasteiger partial charge in [0.1, 0.15) is 5.69 Å².